The predicted octanol–water partition coefficient (Wildman–Crippen LogP) is 4.81. The minimum Gasteiger partial charge on any atom is -0.0741 e. The molecule has 0 saturated carbocycles. The normalized spacial score (nSPS) is 15.9. The van der Waals surface area contributed by atoms with Gasteiger partial charge < -0.3 is 0 Å². The molecule has 0 N–H and O–H groups in total. The molecule has 0 spiro atoms. The van der Waals surface area contributed by atoms with Crippen LogP contribution in [0.1, 0.15) is 60.8 Å². The van der Waals surface area contributed by atoms with Crippen LogP contribution in [0.5, 0.6) is 0 Å². The Balaban J connectivity index is 4.24. The first-order chi connectivity index (χ1) is 6.00. The first-order valence-corrected chi connectivity index (χ1v) is 5.66. The molecule has 0 heterocycles. The SMILES string of the molecule is CCCCC(C)=C(C)C(C)C(C)C. The Bertz CT molecular complexity index is 163. The zero-order valence-electron chi connectivity index (χ0n) is 10.3. The van der Waals surface area contributed by atoms with Gasteiger partial charge in [0.05, 0.1) is 0 Å². The van der Waals surface area contributed by atoms with E-state index < -0.39 is 0 Å². The third kappa shape index (κ3) is 4.50. The first kappa shape index (κ1) is 12.7. The summed E-state index contributed by atoms with van der Waals surface area (Å²) in [6.45, 7) is 13.8. The second kappa shape index (κ2) is 6.23. The summed E-state index contributed by atoms with van der Waals surface area (Å²) >= 11 is 0. The molecule has 0 aliphatic rings. The zero-order chi connectivity index (χ0) is 10.4. The van der Waals surface area contributed by atoms with Crippen molar-refractivity contribution in [3.63, 3.8) is 0 Å². The molecule has 0 aromatic carbocycles. The number of rotatable bonds is 5. The summed E-state index contributed by atoms with van der Waals surface area (Å²) in [6.07, 6.45) is 3.94. The Labute approximate surface area is 84.4 Å². The van der Waals surface area contributed by atoms with Gasteiger partial charge in [0.1, 0.15) is 0 Å². The molecule has 0 saturated heterocycles. The fraction of sp³-hybridized carbons (Fsp3) is 0.846. The molecule has 1 unspecified atom stereocenters. The Morgan fingerprint density at radius 1 is 1.08 bits per heavy atom. The number of allylic oxidation sites excluding steroid dienone is 2. The van der Waals surface area contributed by atoms with Crippen LogP contribution in [0.3, 0.4) is 0 Å². The van der Waals surface area contributed by atoms with Crippen LogP contribution < -0.4 is 0 Å². The molecule has 13 heavy (non-hydrogen) atoms. The molecule has 0 rings (SSSR count). The van der Waals surface area contributed by atoms with Crippen LogP contribution in [0.4, 0.5) is 0 Å². The summed E-state index contributed by atoms with van der Waals surface area (Å²) in [4.78, 5) is 0. The number of hydrogen-bond acceptors (Lipinski definition) is 0. The molecule has 0 nitrogen and oxygen atoms in total. The van der Waals surface area contributed by atoms with Crippen molar-refractivity contribution >= 4 is 0 Å². The van der Waals surface area contributed by atoms with Crippen molar-refractivity contribution < 1.29 is 0 Å². The van der Waals surface area contributed by atoms with Crippen LogP contribution in [0.15, 0.2) is 11.1 Å². The van der Waals surface area contributed by atoms with Gasteiger partial charge in [-0.25, -0.2) is 0 Å². The van der Waals surface area contributed by atoms with Crippen molar-refractivity contribution in [2.45, 2.75) is 60.8 Å². The van der Waals surface area contributed by atoms with E-state index in [1.807, 2.05) is 0 Å². The van der Waals surface area contributed by atoms with Gasteiger partial charge in [-0.3, -0.25) is 0 Å². The summed E-state index contributed by atoms with van der Waals surface area (Å²) in [5.41, 5.74) is 3.23. The van der Waals surface area contributed by atoms with Crippen LogP contribution in [0.25, 0.3) is 0 Å². The van der Waals surface area contributed by atoms with E-state index in [0.29, 0.717) is 0 Å². The minimum absolute atomic E-state index is 0.747. The van der Waals surface area contributed by atoms with Gasteiger partial charge >= 0.3 is 0 Å². The molecule has 1 atom stereocenters. The Hall–Kier alpha value is -0.260. The molecule has 0 fully saturated rings. The number of hydrogen-bond donors (Lipinski definition) is 0. The highest BCUT2D eigenvalue weighted by Gasteiger charge is 2.10. The number of unbranched alkanes of at least 4 members (excludes halogenated alkanes) is 1. The minimum atomic E-state index is 0.747. The molecule has 0 radical (unpaired) electrons. The average molecular weight is 182 g/mol. The second-order valence-corrected chi connectivity index (χ2v) is 4.60. The summed E-state index contributed by atoms with van der Waals surface area (Å²) in [5.74, 6) is 1.52. The van der Waals surface area contributed by atoms with E-state index in [9.17, 15) is 0 Å². The van der Waals surface area contributed by atoms with Gasteiger partial charge in [-0.1, -0.05) is 45.3 Å². The van der Waals surface area contributed by atoms with E-state index >= 15 is 0 Å². The molecule has 0 heteroatoms. The highest BCUT2D eigenvalue weighted by molar-refractivity contribution is 5.12. The van der Waals surface area contributed by atoms with Crippen molar-refractivity contribution in [1.82, 2.24) is 0 Å². The van der Waals surface area contributed by atoms with Crippen LogP contribution in [0, 0.1) is 11.8 Å². The summed E-state index contributed by atoms with van der Waals surface area (Å²) in [5, 5.41) is 0. The summed E-state index contributed by atoms with van der Waals surface area (Å²) < 4.78 is 0. The molecule has 78 valence electrons. The van der Waals surface area contributed by atoms with Crippen LogP contribution in [-0.2, 0) is 0 Å². The fourth-order valence-corrected chi connectivity index (χ4v) is 1.53. The zero-order valence-corrected chi connectivity index (χ0v) is 10.3. The van der Waals surface area contributed by atoms with Crippen LogP contribution >= 0.6 is 0 Å². The van der Waals surface area contributed by atoms with E-state index in [1.54, 1.807) is 11.1 Å². The Morgan fingerprint density at radius 3 is 2.00 bits per heavy atom. The molecule has 0 aliphatic carbocycles. The first-order valence-electron chi connectivity index (χ1n) is 5.66. The summed E-state index contributed by atoms with van der Waals surface area (Å²) in [6, 6.07) is 0. The molecule has 0 bridgehead atoms. The molecule has 0 aromatic heterocycles. The van der Waals surface area contributed by atoms with Gasteiger partial charge in [0.25, 0.3) is 0 Å². The van der Waals surface area contributed by atoms with Gasteiger partial charge in [0.15, 0.2) is 0 Å². The van der Waals surface area contributed by atoms with Crippen LogP contribution in [-0.4, -0.2) is 0 Å². The van der Waals surface area contributed by atoms with E-state index in [2.05, 4.69) is 41.5 Å². The van der Waals surface area contributed by atoms with Crippen molar-refractivity contribution in [3.05, 3.63) is 11.1 Å². The maximum absolute atomic E-state index is 2.34. The maximum atomic E-state index is 2.34. The lowest BCUT2D eigenvalue weighted by molar-refractivity contribution is 0.474. The van der Waals surface area contributed by atoms with Gasteiger partial charge in [-0.05, 0) is 38.5 Å². The third-order valence-electron chi connectivity index (χ3n) is 3.26. The standard InChI is InChI=1S/C13H26/c1-7-8-9-11(4)13(6)12(5)10(2)3/h10,12H,7-9H2,1-6H3. The van der Waals surface area contributed by atoms with E-state index in [4.69, 9.17) is 0 Å². The summed E-state index contributed by atoms with van der Waals surface area (Å²) in [7, 11) is 0. The lowest BCUT2D eigenvalue weighted by atomic mass is 9.87. The molecular weight excluding hydrogens is 156 g/mol. The highest BCUT2D eigenvalue weighted by atomic mass is 14.2. The maximum Gasteiger partial charge on any atom is -0.0209 e. The molecule has 0 aromatic rings. The van der Waals surface area contributed by atoms with E-state index in [-0.39, 0.29) is 0 Å². The molecule has 0 amide bonds. The van der Waals surface area contributed by atoms with Crippen molar-refractivity contribution in [3.8, 4) is 0 Å². The largest absolute Gasteiger partial charge is 0.0741 e. The van der Waals surface area contributed by atoms with Gasteiger partial charge in [-0.15, -0.1) is 0 Å². The average Bonchev–Trinajstić information content (AvgIpc) is 2.11. The Morgan fingerprint density at radius 2 is 1.62 bits per heavy atom. The quantitative estimate of drug-likeness (QED) is 0.535. The third-order valence-corrected chi connectivity index (χ3v) is 3.26. The van der Waals surface area contributed by atoms with Crippen LogP contribution in [0.2, 0.25) is 0 Å². The van der Waals surface area contributed by atoms with E-state index in [0.717, 1.165) is 11.8 Å². The highest BCUT2D eigenvalue weighted by Crippen LogP contribution is 2.24. The smallest absolute Gasteiger partial charge is 0.0209 e. The van der Waals surface area contributed by atoms with Crippen molar-refractivity contribution in [1.29, 1.82) is 0 Å². The van der Waals surface area contributed by atoms with Gasteiger partial charge in [-0.2, -0.15) is 0 Å². The monoisotopic (exact) mass is 182 g/mol. The molecular formula is C13H26. The molecule has 0 aliphatic heterocycles. The van der Waals surface area contributed by atoms with Crippen molar-refractivity contribution in [2.75, 3.05) is 0 Å². The lowest BCUT2D eigenvalue weighted by Gasteiger charge is -2.19. The van der Waals surface area contributed by atoms with Crippen molar-refractivity contribution in [2.24, 2.45) is 11.8 Å². The predicted molar refractivity (Wildman–Crippen MR) is 61.9 cm³/mol. The Kier molecular flexibility index (Phi) is 6.11. The van der Waals surface area contributed by atoms with Gasteiger partial charge in [0.2, 0.25) is 0 Å². The van der Waals surface area contributed by atoms with E-state index in [1.165, 1.54) is 19.3 Å². The van der Waals surface area contributed by atoms with Gasteiger partial charge in [0, 0.05) is 0 Å². The topological polar surface area (TPSA) is 0 Å². The lowest BCUT2D eigenvalue weighted by Crippen LogP contribution is -2.06. The second-order valence-electron chi connectivity index (χ2n) is 4.60. The fourth-order valence-electron chi connectivity index (χ4n) is 1.53.